The Morgan fingerprint density at radius 3 is 2.25 bits per heavy atom. The van der Waals surface area contributed by atoms with Crippen LogP contribution in [0.3, 0.4) is 0 Å². The second kappa shape index (κ2) is 10.4. The Hall–Kier alpha value is -0.650. The van der Waals surface area contributed by atoms with Crippen LogP contribution in [0.1, 0.15) is 40.0 Å². The minimum Gasteiger partial charge on any atom is -0.372 e. The van der Waals surface area contributed by atoms with Crippen molar-refractivity contribution in [1.82, 2.24) is 14.7 Å². The molecule has 0 N–H and O–H groups in total. The van der Waals surface area contributed by atoms with E-state index in [1.807, 2.05) is 4.90 Å². The highest BCUT2D eigenvalue weighted by molar-refractivity contribution is 5.77. The summed E-state index contributed by atoms with van der Waals surface area (Å²) in [6.45, 7) is 16.5. The van der Waals surface area contributed by atoms with E-state index in [2.05, 4.69) is 30.6 Å². The molecule has 0 bridgehead atoms. The number of hydrogen-bond acceptors (Lipinski definition) is 4. The number of nitrogens with zero attached hydrogens (tertiary/aromatic N) is 3. The highest BCUT2D eigenvalue weighted by Gasteiger charge is 2.24. The van der Waals surface area contributed by atoms with Gasteiger partial charge in [-0.1, -0.05) is 20.8 Å². The van der Waals surface area contributed by atoms with Crippen molar-refractivity contribution in [2.24, 2.45) is 11.8 Å². The van der Waals surface area contributed by atoms with Crippen LogP contribution >= 0.6 is 0 Å². The smallest absolute Gasteiger partial charge is 0.248 e. The lowest BCUT2D eigenvalue weighted by atomic mass is 9.87. The second-order valence-corrected chi connectivity index (χ2v) is 7.64. The van der Waals surface area contributed by atoms with Crippen molar-refractivity contribution in [1.29, 1.82) is 0 Å². The van der Waals surface area contributed by atoms with Gasteiger partial charge in [-0.15, -0.1) is 0 Å². The van der Waals surface area contributed by atoms with Crippen LogP contribution in [0.2, 0.25) is 0 Å². The molecule has 0 unspecified atom stereocenters. The number of rotatable bonds is 8. The molecule has 2 rings (SSSR count). The fourth-order valence-electron chi connectivity index (χ4n) is 3.79. The van der Waals surface area contributed by atoms with Gasteiger partial charge in [0.15, 0.2) is 0 Å². The van der Waals surface area contributed by atoms with Crippen molar-refractivity contribution in [2.75, 3.05) is 65.6 Å². The molecular weight excluding hydrogens is 302 g/mol. The maximum absolute atomic E-state index is 12.2. The van der Waals surface area contributed by atoms with E-state index in [1.54, 1.807) is 0 Å². The van der Waals surface area contributed by atoms with Gasteiger partial charge in [0, 0.05) is 52.4 Å². The molecule has 0 aliphatic carbocycles. The molecule has 0 aromatic heterocycles. The van der Waals surface area contributed by atoms with Gasteiger partial charge in [0.25, 0.3) is 0 Å². The van der Waals surface area contributed by atoms with Crippen molar-refractivity contribution in [3.05, 3.63) is 0 Å². The highest BCUT2D eigenvalue weighted by Crippen LogP contribution is 2.24. The van der Waals surface area contributed by atoms with Crippen LogP contribution in [0.15, 0.2) is 0 Å². The highest BCUT2D eigenvalue weighted by atomic mass is 16.5. The summed E-state index contributed by atoms with van der Waals surface area (Å²) in [4.78, 5) is 19.2. The van der Waals surface area contributed by atoms with E-state index in [9.17, 15) is 4.79 Å². The predicted octanol–water partition coefficient (Wildman–Crippen LogP) is 1.93. The molecule has 1 amide bonds. The number of carbonyl (C=O) groups is 1. The van der Waals surface area contributed by atoms with Crippen LogP contribution in [-0.4, -0.2) is 86.2 Å². The first-order chi connectivity index (χ1) is 11.6. The number of likely N-dealkylation sites (N-methyl/N-ethyl adjacent to an activating group) is 1. The Bertz CT molecular complexity index is 360. The SMILES string of the molecule is CCN1CCN(CCCOCC(=O)N2CCC(C(C)C)CC2)CC1. The summed E-state index contributed by atoms with van der Waals surface area (Å²) in [5.74, 6) is 1.69. The Morgan fingerprint density at radius 1 is 1.04 bits per heavy atom. The molecule has 2 aliphatic rings. The molecule has 140 valence electrons. The lowest BCUT2D eigenvalue weighted by Crippen LogP contribution is -2.46. The molecule has 0 aromatic rings. The van der Waals surface area contributed by atoms with Crippen molar-refractivity contribution in [3.8, 4) is 0 Å². The quantitative estimate of drug-likeness (QED) is 0.633. The summed E-state index contributed by atoms with van der Waals surface area (Å²) in [6, 6.07) is 0. The average molecular weight is 340 g/mol. The molecule has 0 aromatic carbocycles. The molecule has 0 radical (unpaired) electrons. The van der Waals surface area contributed by atoms with Gasteiger partial charge in [0.1, 0.15) is 6.61 Å². The first-order valence-corrected chi connectivity index (χ1v) is 9.90. The van der Waals surface area contributed by atoms with Crippen LogP contribution < -0.4 is 0 Å². The third kappa shape index (κ3) is 6.34. The van der Waals surface area contributed by atoms with Gasteiger partial charge in [-0.25, -0.2) is 0 Å². The monoisotopic (exact) mass is 339 g/mol. The van der Waals surface area contributed by atoms with Crippen molar-refractivity contribution < 1.29 is 9.53 Å². The lowest BCUT2D eigenvalue weighted by molar-refractivity contribution is -0.137. The number of amides is 1. The Labute approximate surface area is 148 Å². The summed E-state index contributed by atoms with van der Waals surface area (Å²) < 4.78 is 5.63. The van der Waals surface area contributed by atoms with Gasteiger partial charge in [-0.05, 0) is 37.6 Å². The molecule has 2 fully saturated rings. The molecule has 0 spiro atoms. The zero-order chi connectivity index (χ0) is 17.4. The van der Waals surface area contributed by atoms with Crippen molar-refractivity contribution in [3.63, 3.8) is 0 Å². The Balaban J connectivity index is 1.49. The third-order valence-electron chi connectivity index (χ3n) is 5.74. The Kier molecular flexibility index (Phi) is 8.50. The van der Waals surface area contributed by atoms with E-state index >= 15 is 0 Å². The van der Waals surface area contributed by atoms with Crippen molar-refractivity contribution >= 4 is 5.91 Å². The number of piperidine rings is 1. The number of likely N-dealkylation sites (tertiary alicyclic amines) is 1. The van der Waals surface area contributed by atoms with Gasteiger partial charge in [-0.3, -0.25) is 4.79 Å². The van der Waals surface area contributed by atoms with E-state index in [0.29, 0.717) is 6.61 Å². The van der Waals surface area contributed by atoms with E-state index in [1.165, 1.54) is 13.1 Å². The summed E-state index contributed by atoms with van der Waals surface area (Å²) >= 11 is 0. The fourth-order valence-corrected chi connectivity index (χ4v) is 3.79. The van der Waals surface area contributed by atoms with E-state index in [-0.39, 0.29) is 12.5 Å². The molecular formula is C19H37N3O2. The van der Waals surface area contributed by atoms with E-state index in [4.69, 9.17) is 4.74 Å². The predicted molar refractivity (Wildman–Crippen MR) is 98.1 cm³/mol. The zero-order valence-electron chi connectivity index (χ0n) is 16.0. The normalized spacial score (nSPS) is 21.6. The topological polar surface area (TPSA) is 36.0 Å². The Morgan fingerprint density at radius 2 is 1.67 bits per heavy atom. The van der Waals surface area contributed by atoms with E-state index < -0.39 is 0 Å². The maximum atomic E-state index is 12.2. The first-order valence-electron chi connectivity index (χ1n) is 9.90. The molecule has 0 saturated carbocycles. The molecule has 2 aliphatic heterocycles. The fraction of sp³-hybridized carbons (Fsp3) is 0.947. The number of hydrogen-bond donors (Lipinski definition) is 0. The van der Waals surface area contributed by atoms with E-state index in [0.717, 1.165) is 70.4 Å². The van der Waals surface area contributed by atoms with Crippen LogP contribution in [0.25, 0.3) is 0 Å². The van der Waals surface area contributed by atoms with Crippen molar-refractivity contribution in [2.45, 2.75) is 40.0 Å². The van der Waals surface area contributed by atoms with Gasteiger partial charge >= 0.3 is 0 Å². The summed E-state index contributed by atoms with van der Waals surface area (Å²) in [5.41, 5.74) is 0. The molecule has 2 heterocycles. The van der Waals surface area contributed by atoms with Gasteiger partial charge in [0.2, 0.25) is 5.91 Å². The standard InChI is InChI=1S/C19H37N3O2/c1-4-20-11-13-21(14-12-20)8-5-15-24-16-19(23)22-9-6-18(7-10-22)17(2)3/h17-18H,4-16H2,1-3H3. The van der Waals surface area contributed by atoms with Crippen LogP contribution in [0, 0.1) is 11.8 Å². The third-order valence-corrected chi connectivity index (χ3v) is 5.74. The zero-order valence-corrected chi connectivity index (χ0v) is 16.0. The lowest BCUT2D eigenvalue weighted by Gasteiger charge is -2.34. The number of ether oxygens (including phenoxy) is 1. The van der Waals surface area contributed by atoms with Crippen LogP contribution in [-0.2, 0) is 9.53 Å². The molecule has 0 atom stereocenters. The number of carbonyl (C=O) groups excluding carboxylic acids is 1. The average Bonchev–Trinajstić information content (AvgIpc) is 2.62. The molecule has 5 heteroatoms. The molecule has 24 heavy (non-hydrogen) atoms. The largest absolute Gasteiger partial charge is 0.372 e. The summed E-state index contributed by atoms with van der Waals surface area (Å²) in [6.07, 6.45) is 3.31. The number of piperazine rings is 1. The summed E-state index contributed by atoms with van der Waals surface area (Å²) in [7, 11) is 0. The van der Waals surface area contributed by atoms with Crippen LogP contribution in [0.5, 0.6) is 0 Å². The van der Waals surface area contributed by atoms with Gasteiger partial charge in [0.05, 0.1) is 0 Å². The summed E-state index contributed by atoms with van der Waals surface area (Å²) in [5, 5.41) is 0. The maximum Gasteiger partial charge on any atom is 0.248 e. The minimum atomic E-state index is 0.175. The van der Waals surface area contributed by atoms with Gasteiger partial charge in [-0.2, -0.15) is 0 Å². The molecule has 5 nitrogen and oxygen atoms in total. The second-order valence-electron chi connectivity index (χ2n) is 7.64. The van der Waals surface area contributed by atoms with Gasteiger partial charge < -0.3 is 19.4 Å². The minimum absolute atomic E-state index is 0.175. The molecule has 2 saturated heterocycles. The van der Waals surface area contributed by atoms with Crippen LogP contribution in [0.4, 0.5) is 0 Å². The first kappa shape index (κ1) is 19.7.